The van der Waals surface area contributed by atoms with Crippen LogP contribution >= 0.6 is 23.2 Å². The molecule has 3 rings (SSSR count). The minimum atomic E-state index is -0.828. The summed E-state index contributed by atoms with van der Waals surface area (Å²) in [5, 5.41) is 22.4. The molecule has 6 heteroatoms. The molecule has 2 N–H and O–H groups in total. The van der Waals surface area contributed by atoms with E-state index in [1.807, 2.05) is 12.1 Å². The Morgan fingerprint density at radius 3 is 2.08 bits per heavy atom. The lowest BCUT2D eigenvalue weighted by Gasteiger charge is -2.39. The molecule has 1 heterocycles. The summed E-state index contributed by atoms with van der Waals surface area (Å²) in [5.74, 6) is 0.684. The van der Waals surface area contributed by atoms with Crippen molar-refractivity contribution in [1.82, 2.24) is 4.90 Å². The molecule has 4 nitrogen and oxygen atoms in total. The Hall–Kier alpha value is -1.30. The third-order valence-electron chi connectivity index (χ3n) is 4.79. The van der Waals surface area contributed by atoms with Gasteiger partial charge in [0.1, 0.15) is 18.5 Å². The second kappa shape index (κ2) is 8.59. The van der Waals surface area contributed by atoms with Crippen molar-refractivity contribution in [2.45, 2.75) is 24.5 Å². The van der Waals surface area contributed by atoms with Crippen molar-refractivity contribution in [2.24, 2.45) is 0 Å². The van der Waals surface area contributed by atoms with Gasteiger partial charge in [-0.15, -0.1) is 0 Å². The second-order valence-electron chi connectivity index (χ2n) is 6.76. The van der Waals surface area contributed by atoms with Gasteiger partial charge in [0, 0.05) is 29.7 Å². The third kappa shape index (κ3) is 5.12. The first-order valence-corrected chi connectivity index (χ1v) is 9.47. The Bertz CT molecular complexity index is 698. The van der Waals surface area contributed by atoms with Crippen LogP contribution in [0.4, 0.5) is 0 Å². The molecule has 0 amide bonds. The first-order valence-electron chi connectivity index (χ1n) is 8.72. The van der Waals surface area contributed by atoms with Crippen molar-refractivity contribution in [1.29, 1.82) is 0 Å². The van der Waals surface area contributed by atoms with Gasteiger partial charge in [-0.25, -0.2) is 0 Å². The fourth-order valence-electron chi connectivity index (χ4n) is 3.23. The molecular weight excluding hydrogens is 373 g/mol. The minimum Gasteiger partial charge on any atom is -0.491 e. The molecule has 0 spiro atoms. The fourth-order valence-corrected chi connectivity index (χ4v) is 3.48. The van der Waals surface area contributed by atoms with Gasteiger partial charge >= 0.3 is 0 Å². The van der Waals surface area contributed by atoms with E-state index in [4.69, 9.17) is 27.9 Å². The normalized spacial score (nSPS) is 18.5. The molecule has 0 radical (unpaired) electrons. The van der Waals surface area contributed by atoms with E-state index in [9.17, 15) is 10.2 Å². The maximum atomic E-state index is 10.9. The van der Waals surface area contributed by atoms with E-state index in [1.54, 1.807) is 36.4 Å². The smallest absolute Gasteiger partial charge is 0.119 e. The Labute approximate surface area is 163 Å². The molecule has 1 fully saturated rings. The third-order valence-corrected chi connectivity index (χ3v) is 5.29. The number of piperidine rings is 1. The van der Waals surface area contributed by atoms with Crippen LogP contribution in [0.15, 0.2) is 48.5 Å². The van der Waals surface area contributed by atoms with Gasteiger partial charge in [-0.2, -0.15) is 0 Å². The largest absolute Gasteiger partial charge is 0.491 e. The van der Waals surface area contributed by atoms with E-state index in [2.05, 4.69) is 4.90 Å². The summed E-state index contributed by atoms with van der Waals surface area (Å²) >= 11 is 11.8. The molecule has 0 aromatic heterocycles. The Balaban J connectivity index is 1.45. The van der Waals surface area contributed by atoms with Gasteiger partial charge < -0.3 is 19.8 Å². The van der Waals surface area contributed by atoms with Crippen LogP contribution in [-0.2, 0) is 5.60 Å². The number of β-amino-alcohol motifs (C(OH)–C–C–N with tert-alkyl or cyclic N) is 1. The lowest BCUT2D eigenvalue weighted by atomic mass is 9.84. The Morgan fingerprint density at radius 2 is 1.50 bits per heavy atom. The molecule has 1 aliphatic heterocycles. The number of benzene rings is 2. The van der Waals surface area contributed by atoms with Crippen LogP contribution in [0.5, 0.6) is 5.75 Å². The number of halogens is 2. The first-order chi connectivity index (χ1) is 12.4. The molecule has 0 bridgehead atoms. The molecule has 0 unspecified atom stereocenters. The van der Waals surface area contributed by atoms with Crippen molar-refractivity contribution in [3.8, 4) is 5.75 Å². The summed E-state index contributed by atoms with van der Waals surface area (Å²) < 4.78 is 5.59. The summed E-state index contributed by atoms with van der Waals surface area (Å²) in [6.07, 6.45) is 0.658. The van der Waals surface area contributed by atoms with Crippen LogP contribution in [0.2, 0.25) is 10.0 Å². The van der Waals surface area contributed by atoms with Crippen LogP contribution in [0.25, 0.3) is 0 Å². The fraction of sp³-hybridized carbons (Fsp3) is 0.400. The lowest BCUT2D eigenvalue weighted by molar-refractivity contribution is -0.0372. The average Bonchev–Trinajstić information content (AvgIpc) is 2.64. The molecule has 1 atom stereocenters. The highest BCUT2D eigenvalue weighted by Gasteiger charge is 2.34. The molecule has 2 aromatic rings. The van der Waals surface area contributed by atoms with Crippen LogP contribution in [0.3, 0.4) is 0 Å². The number of nitrogens with zero attached hydrogens (tertiary/aromatic N) is 1. The van der Waals surface area contributed by atoms with E-state index in [0.717, 1.165) is 18.7 Å². The van der Waals surface area contributed by atoms with Gasteiger partial charge in [0.15, 0.2) is 0 Å². The number of likely N-dealkylation sites (tertiary alicyclic amines) is 1. The number of aliphatic hydroxyl groups is 2. The average molecular weight is 396 g/mol. The molecule has 2 aromatic carbocycles. The van der Waals surface area contributed by atoms with Crippen molar-refractivity contribution >= 4 is 23.2 Å². The van der Waals surface area contributed by atoms with Gasteiger partial charge in [-0.1, -0.05) is 35.3 Å². The van der Waals surface area contributed by atoms with E-state index >= 15 is 0 Å². The first kappa shape index (κ1) is 19.5. The van der Waals surface area contributed by atoms with Crippen molar-refractivity contribution in [2.75, 3.05) is 26.2 Å². The number of aliphatic hydroxyl groups excluding tert-OH is 1. The lowest BCUT2D eigenvalue weighted by Crippen LogP contribution is -2.46. The maximum Gasteiger partial charge on any atom is 0.119 e. The highest BCUT2D eigenvalue weighted by atomic mass is 35.5. The second-order valence-corrected chi connectivity index (χ2v) is 7.63. The quantitative estimate of drug-likeness (QED) is 0.782. The molecule has 140 valence electrons. The SMILES string of the molecule is O[C@@H](COc1ccc(Cl)cc1)CN1CCC(O)(c2ccc(Cl)cc2)CC1. The molecule has 26 heavy (non-hydrogen) atoms. The van der Waals surface area contributed by atoms with Gasteiger partial charge in [0.2, 0.25) is 0 Å². The zero-order valence-corrected chi connectivity index (χ0v) is 16.0. The zero-order valence-electron chi connectivity index (χ0n) is 14.4. The monoisotopic (exact) mass is 395 g/mol. The van der Waals surface area contributed by atoms with Gasteiger partial charge in [0.05, 0.1) is 5.60 Å². The number of hydrogen-bond donors (Lipinski definition) is 2. The number of ether oxygens (including phenoxy) is 1. The predicted octanol–water partition coefficient (Wildman–Crippen LogP) is 3.72. The molecular formula is C20H23Cl2NO3. The summed E-state index contributed by atoms with van der Waals surface area (Å²) in [7, 11) is 0. The van der Waals surface area contributed by atoms with Gasteiger partial charge in [-0.05, 0) is 54.8 Å². The predicted molar refractivity (Wildman–Crippen MR) is 104 cm³/mol. The van der Waals surface area contributed by atoms with Gasteiger partial charge in [0.25, 0.3) is 0 Å². The van der Waals surface area contributed by atoms with Crippen LogP contribution < -0.4 is 4.74 Å². The van der Waals surface area contributed by atoms with Crippen molar-refractivity contribution in [3.63, 3.8) is 0 Å². The zero-order chi connectivity index (χ0) is 18.6. The van der Waals surface area contributed by atoms with Crippen molar-refractivity contribution in [3.05, 3.63) is 64.1 Å². The van der Waals surface area contributed by atoms with E-state index in [1.165, 1.54) is 0 Å². The van der Waals surface area contributed by atoms with Crippen LogP contribution in [0.1, 0.15) is 18.4 Å². The highest BCUT2D eigenvalue weighted by Crippen LogP contribution is 2.33. The molecule has 1 aliphatic rings. The van der Waals surface area contributed by atoms with Crippen LogP contribution in [0, 0.1) is 0 Å². The van der Waals surface area contributed by atoms with Crippen molar-refractivity contribution < 1.29 is 14.9 Å². The van der Waals surface area contributed by atoms with E-state index in [0.29, 0.717) is 35.2 Å². The van der Waals surface area contributed by atoms with Gasteiger partial charge in [-0.3, -0.25) is 0 Å². The minimum absolute atomic E-state index is 0.222. The Morgan fingerprint density at radius 1 is 0.962 bits per heavy atom. The molecule has 0 aliphatic carbocycles. The summed E-state index contributed by atoms with van der Waals surface area (Å²) in [4.78, 5) is 2.15. The Kier molecular flexibility index (Phi) is 6.43. The van der Waals surface area contributed by atoms with E-state index in [-0.39, 0.29) is 6.61 Å². The summed E-state index contributed by atoms with van der Waals surface area (Å²) in [6, 6.07) is 14.4. The summed E-state index contributed by atoms with van der Waals surface area (Å²) in [5.41, 5.74) is 0.0689. The van der Waals surface area contributed by atoms with Crippen LogP contribution in [-0.4, -0.2) is 47.5 Å². The number of rotatable bonds is 6. The number of hydrogen-bond acceptors (Lipinski definition) is 4. The molecule has 0 saturated carbocycles. The molecule has 1 saturated heterocycles. The standard InChI is InChI=1S/C20H23Cl2NO3/c21-16-3-1-15(2-4-16)20(25)9-11-23(12-10-20)13-18(24)14-26-19-7-5-17(22)6-8-19/h1-8,18,24-25H,9-14H2/t18-/m1/s1. The topological polar surface area (TPSA) is 52.9 Å². The highest BCUT2D eigenvalue weighted by molar-refractivity contribution is 6.30. The maximum absolute atomic E-state index is 10.9. The summed E-state index contributed by atoms with van der Waals surface area (Å²) in [6.45, 7) is 2.18. The van der Waals surface area contributed by atoms with E-state index < -0.39 is 11.7 Å².